The normalized spacial score (nSPS) is 21.3. The van der Waals surface area contributed by atoms with Crippen molar-refractivity contribution in [2.45, 2.75) is 18.9 Å². The number of fused-ring (bicyclic) bond motifs is 4. The van der Waals surface area contributed by atoms with Gasteiger partial charge < -0.3 is 34.1 Å². The number of esters is 1. The van der Waals surface area contributed by atoms with Crippen molar-refractivity contribution in [2.75, 3.05) is 32.9 Å². The molecule has 228 valence electrons. The summed E-state index contributed by atoms with van der Waals surface area (Å²) in [5, 5.41) is 15.4. The lowest BCUT2D eigenvalue weighted by molar-refractivity contribution is -0.141. The third kappa shape index (κ3) is 4.42. The molecule has 8 rings (SSSR count). The van der Waals surface area contributed by atoms with Crippen molar-refractivity contribution >= 4 is 33.2 Å². The van der Waals surface area contributed by atoms with Gasteiger partial charge in [0.1, 0.15) is 5.01 Å². The SMILES string of the molecule is COc1cc([C@@H]2c3cc4c(cc3C(Nc3ccc(-c5nc6ccccc6s5)cc3C)[C@H]3COC(=O)[C@H]23)OCO4)cc(OC)c1O. The fraction of sp³-hybridized carbons (Fsp3) is 0.257. The van der Waals surface area contributed by atoms with Gasteiger partial charge in [-0.05, 0) is 83.8 Å². The quantitative estimate of drug-likeness (QED) is 0.197. The Hall–Kier alpha value is -4.96. The van der Waals surface area contributed by atoms with Crippen LogP contribution in [0.5, 0.6) is 28.7 Å². The second-order valence-corrected chi connectivity index (χ2v) is 12.6. The van der Waals surface area contributed by atoms with Crippen LogP contribution < -0.4 is 24.3 Å². The molecule has 0 amide bonds. The van der Waals surface area contributed by atoms with Crippen molar-refractivity contribution in [3.8, 4) is 39.3 Å². The van der Waals surface area contributed by atoms with Gasteiger partial charge in [-0.3, -0.25) is 4.79 Å². The summed E-state index contributed by atoms with van der Waals surface area (Å²) >= 11 is 1.67. The van der Waals surface area contributed by atoms with Crippen LogP contribution in [0, 0.1) is 18.8 Å². The Kier molecular flexibility index (Phi) is 6.49. The highest BCUT2D eigenvalue weighted by atomic mass is 32.1. The third-order valence-electron chi connectivity index (χ3n) is 9.13. The van der Waals surface area contributed by atoms with E-state index in [9.17, 15) is 9.90 Å². The van der Waals surface area contributed by atoms with Gasteiger partial charge in [-0.25, -0.2) is 4.98 Å². The zero-order chi connectivity index (χ0) is 30.8. The largest absolute Gasteiger partial charge is 0.502 e. The number of carbonyl (C=O) groups is 1. The summed E-state index contributed by atoms with van der Waals surface area (Å²) in [4.78, 5) is 18.4. The fourth-order valence-electron chi connectivity index (χ4n) is 6.96. The van der Waals surface area contributed by atoms with Gasteiger partial charge in [0.2, 0.25) is 12.5 Å². The second-order valence-electron chi connectivity index (χ2n) is 11.5. The Bertz CT molecular complexity index is 1930. The smallest absolute Gasteiger partial charge is 0.310 e. The van der Waals surface area contributed by atoms with E-state index in [1.54, 1.807) is 23.5 Å². The number of rotatable bonds is 6. The predicted octanol–water partition coefficient (Wildman–Crippen LogP) is 6.81. The van der Waals surface area contributed by atoms with Crippen molar-refractivity contribution in [3.05, 3.63) is 89.0 Å². The standard InChI is InChI=1S/C35H30N2O7S/c1-17-10-18(34-37-24-6-4-5-7-29(24)45-34)8-9-23(17)36-32-21-14-26-25(43-16-44-26)13-20(21)30(31-22(32)15-42-35(31)39)19-11-27(40-2)33(38)28(12-19)41-3/h4-14,22,30-32,36,38H,15-16H2,1-3H3/t22-,30+,31-,32?/m0/s1. The van der Waals surface area contributed by atoms with Crippen molar-refractivity contribution in [1.29, 1.82) is 0 Å². The Morgan fingerprint density at radius 1 is 0.933 bits per heavy atom. The number of carbonyl (C=O) groups excluding carboxylic acids is 1. The number of aryl methyl sites for hydroxylation is 1. The Balaban J connectivity index is 1.23. The number of para-hydroxylation sites is 1. The molecule has 2 N–H and O–H groups in total. The average molecular weight is 623 g/mol. The summed E-state index contributed by atoms with van der Waals surface area (Å²) in [6.07, 6.45) is 0. The van der Waals surface area contributed by atoms with E-state index >= 15 is 0 Å². The third-order valence-corrected chi connectivity index (χ3v) is 10.2. The number of thiazole rings is 1. The van der Waals surface area contributed by atoms with Gasteiger partial charge in [0, 0.05) is 23.1 Å². The minimum absolute atomic E-state index is 0.0969. The monoisotopic (exact) mass is 622 g/mol. The van der Waals surface area contributed by atoms with Crippen LogP contribution in [0.2, 0.25) is 0 Å². The highest BCUT2D eigenvalue weighted by molar-refractivity contribution is 7.21. The molecule has 4 atom stereocenters. The molecule has 0 saturated carbocycles. The summed E-state index contributed by atoms with van der Waals surface area (Å²) in [5.74, 6) is 0.342. The Labute approximate surface area is 263 Å². The summed E-state index contributed by atoms with van der Waals surface area (Å²) in [5.41, 5.74) is 6.73. The first-order valence-electron chi connectivity index (χ1n) is 14.7. The summed E-state index contributed by atoms with van der Waals surface area (Å²) < 4.78 is 29.5. The molecule has 0 bridgehead atoms. The lowest BCUT2D eigenvalue weighted by Gasteiger charge is -2.40. The molecule has 10 heteroatoms. The molecule has 45 heavy (non-hydrogen) atoms. The first-order chi connectivity index (χ1) is 21.9. The van der Waals surface area contributed by atoms with Crippen LogP contribution in [-0.2, 0) is 9.53 Å². The molecule has 1 aromatic heterocycles. The molecule has 3 aliphatic rings. The number of phenols is 1. The van der Waals surface area contributed by atoms with E-state index < -0.39 is 11.8 Å². The number of hydrogen-bond donors (Lipinski definition) is 2. The highest BCUT2D eigenvalue weighted by Gasteiger charge is 2.52. The average Bonchev–Trinajstić information content (AvgIpc) is 3.79. The molecule has 0 spiro atoms. The number of hydrogen-bond acceptors (Lipinski definition) is 10. The first kappa shape index (κ1) is 27.6. The van der Waals surface area contributed by atoms with Crippen LogP contribution in [0.3, 0.4) is 0 Å². The van der Waals surface area contributed by atoms with Gasteiger partial charge in [0.15, 0.2) is 23.0 Å². The van der Waals surface area contributed by atoms with Gasteiger partial charge in [-0.1, -0.05) is 12.1 Å². The maximum Gasteiger partial charge on any atom is 0.310 e. The van der Waals surface area contributed by atoms with Crippen molar-refractivity contribution in [1.82, 2.24) is 4.98 Å². The van der Waals surface area contributed by atoms with Gasteiger partial charge in [0.25, 0.3) is 0 Å². The molecule has 1 unspecified atom stereocenters. The lowest BCUT2D eigenvalue weighted by atomic mass is 9.65. The molecule has 1 fully saturated rings. The number of ether oxygens (including phenoxy) is 5. The number of aromatic hydroxyl groups is 1. The van der Waals surface area contributed by atoms with Crippen molar-refractivity contribution < 1.29 is 33.6 Å². The van der Waals surface area contributed by atoms with Crippen LogP contribution in [0.25, 0.3) is 20.8 Å². The van der Waals surface area contributed by atoms with Gasteiger partial charge in [-0.2, -0.15) is 0 Å². The molecule has 0 radical (unpaired) electrons. The number of nitrogens with one attached hydrogen (secondary N) is 1. The van der Waals surface area contributed by atoms with E-state index in [1.165, 1.54) is 14.2 Å². The van der Waals surface area contributed by atoms with Crippen LogP contribution in [0.15, 0.2) is 66.7 Å². The Morgan fingerprint density at radius 3 is 2.38 bits per heavy atom. The molecular weight excluding hydrogens is 592 g/mol. The molecule has 1 saturated heterocycles. The fourth-order valence-corrected chi connectivity index (χ4v) is 7.92. The van der Waals surface area contributed by atoms with Crippen LogP contribution in [0.4, 0.5) is 5.69 Å². The molecular formula is C35H30N2O7S. The number of methoxy groups -OCH3 is 2. The topological polar surface area (TPSA) is 108 Å². The number of phenolic OH excluding ortho intramolecular Hbond substituents is 1. The number of anilines is 1. The minimum Gasteiger partial charge on any atom is -0.502 e. The Morgan fingerprint density at radius 2 is 1.67 bits per heavy atom. The molecule has 3 heterocycles. The number of aromatic nitrogens is 1. The number of cyclic esters (lactones) is 1. The van der Waals surface area contributed by atoms with E-state index in [2.05, 4.69) is 36.5 Å². The lowest BCUT2D eigenvalue weighted by Crippen LogP contribution is -2.37. The highest BCUT2D eigenvalue weighted by Crippen LogP contribution is 2.56. The van der Waals surface area contributed by atoms with Crippen LogP contribution >= 0.6 is 11.3 Å². The predicted molar refractivity (Wildman–Crippen MR) is 170 cm³/mol. The molecule has 4 aromatic carbocycles. The maximum atomic E-state index is 13.5. The van der Waals surface area contributed by atoms with E-state index in [4.69, 9.17) is 28.7 Å². The maximum absolute atomic E-state index is 13.5. The summed E-state index contributed by atoms with van der Waals surface area (Å²) in [6, 6.07) is 21.7. The van der Waals surface area contributed by atoms with Gasteiger partial charge in [0.05, 0.1) is 43.0 Å². The zero-order valence-corrected chi connectivity index (χ0v) is 25.6. The van der Waals surface area contributed by atoms with E-state index in [-0.39, 0.29) is 48.6 Å². The minimum atomic E-state index is -0.503. The van der Waals surface area contributed by atoms with Crippen LogP contribution in [0.1, 0.15) is 34.2 Å². The van der Waals surface area contributed by atoms with E-state index in [0.717, 1.165) is 48.7 Å². The van der Waals surface area contributed by atoms with E-state index in [0.29, 0.717) is 11.5 Å². The van der Waals surface area contributed by atoms with Gasteiger partial charge >= 0.3 is 5.97 Å². The second kappa shape index (κ2) is 10.6. The molecule has 1 aliphatic carbocycles. The molecule has 9 nitrogen and oxygen atoms in total. The first-order valence-corrected chi connectivity index (χ1v) is 15.5. The number of nitrogens with zero attached hydrogens (tertiary/aromatic N) is 1. The molecule has 5 aromatic rings. The van der Waals surface area contributed by atoms with Crippen molar-refractivity contribution in [3.63, 3.8) is 0 Å². The molecule has 2 aliphatic heterocycles. The summed E-state index contributed by atoms with van der Waals surface area (Å²) in [6.45, 7) is 2.47. The number of benzene rings is 4. The zero-order valence-electron chi connectivity index (χ0n) is 24.8. The van der Waals surface area contributed by atoms with Crippen LogP contribution in [-0.4, -0.2) is 43.7 Å². The van der Waals surface area contributed by atoms with E-state index in [1.807, 2.05) is 30.3 Å². The van der Waals surface area contributed by atoms with Crippen molar-refractivity contribution in [2.24, 2.45) is 11.8 Å². The van der Waals surface area contributed by atoms with Gasteiger partial charge in [-0.15, -0.1) is 11.3 Å². The summed E-state index contributed by atoms with van der Waals surface area (Å²) in [7, 11) is 2.98.